The van der Waals surface area contributed by atoms with Crippen LogP contribution in [0.1, 0.15) is 24.8 Å². The van der Waals surface area contributed by atoms with E-state index in [1.165, 1.54) is 0 Å². The van der Waals surface area contributed by atoms with Crippen molar-refractivity contribution in [2.24, 2.45) is 5.73 Å². The third-order valence-corrected chi connectivity index (χ3v) is 4.23. The Morgan fingerprint density at radius 3 is 2.42 bits per heavy atom. The normalized spacial score (nSPS) is 17.8. The van der Waals surface area contributed by atoms with Crippen LogP contribution >= 0.6 is 0 Å². The molecule has 0 amide bonds. The summed E-state index contributed by atoms with van der Waals surface area (Å²) in [6.45, 7) is 0. The molecule has 0 atom stereocenters. The lowest BCUT2D eigenvalue weighted by Crippen LogP contribution is -2.43. The summed E-state index contributed by atoms with van der Waals surface area (Å²) in [6.07, 6.45) is 6.48. The average molecular weight is 257 g/mol. The van der Waals surface area contributed by atoms with Gasteiger partial charge in [-0.2, -0.15) is 0 Å². The highest BCUT2D eigenvalue weighted by atomic mass is 16.5. The lowest BCUT2D eigenvalue weighted by molar-refractivity contribution is 0.255. The predicted octanol–water partition coefficient (Wildman–Crippen LogP) is 3.53. The zero-order valence-electron chi connectivity index (χ0n) is 10.7. The number of methoxy groups -OCH3 is 1. The summed E-state index contributed by atoms with van der Waals surface area (Å²) in [4.78, 5) is 0. The van der Waals surface area contributed by atoms with Crippen LogP contribution in [0, 0.1) is 0 Å². The van der Waals surface area contributed by atoms with E-state index < -0.39 is 0 Å². The first-order valence-electron chi connectivity index (χ1n) is 6.48. The number of hydrogen-bond donors (Lipinski definition) is 1. The Morgan fingerprint density at radius 2 is 1.79 bits per heavy atom. The van der Waals surface area contributed by atoms with Gasteiger partial charge < -0.3 is 19.3 Å². The highest BCUT2D eigenvalue weighted by molar-refractivity contribution is 6.05. The van der Waals surface area contributed by atoms with E-state index >= 15 is 0 Å². The van der Waals surface area contributed by atoms with Crippen LogP contribution in [0.4, 0.5) is 0 Å². The second-order valence-electron chi connectivity index (χ2n) is 5.24. The largest absolute Gasteiger partial charge is 0.492 e. The van der Waals surface area contributed by atoms with E-state index in [-0.39, 0.29) is 5.54 Å². The van der Waals surface area contributed by atoms with Gasteiger partial charge in [0.25, 0.3) is 0 Å². The number of nitrogens with two attached hydrogens (primary N) is 1. The smallest absolute Gasteiger partial charge is 0.176 e. The van der Waals surface area contributed by atoms with Crippen molar-refractivity contribution < 1.29 is 13.6 Å². The van der Waals surface area contributed by atoms with E-state index in [0.717, 1.165) is 52.5 Å². The van der Waals surface area contributed by atoms with Crippen LogP contribution in [0.5, 0.6) is 5.75 Å². The second-order valence-corrected chi connectivity index (χ2v) is 5.24. The van der Waals surface area contributed by atoms with E-state index in [4.69, 9.17) is 19.3 Å². The highest BCUT2D eigenvalue weighted by Gasteiger charge is 2.39. The lowest BCUT2D eigenvalue weighted by atomic mass is 9.71. The molecular formula is C15H15NO3. The molecule has 0 saturated heterocycles. The van der Waals surface area contributed by atoms with Crippen LogP contribution in [0.2, 0.25) is 0 Å². The van der Waals surface area contributed by atoms with Crippen LogP contribution in [-0.2, 0) is 5.54 Å². The van der Waals surface area contributed by atoms with E-state index in [1.54, 1.807) is 19.6 Å². The molecule has 0 unspecified atom stereocenters. The first kappa shape index (κ1) is 10.9. The minimum atomic E-state index is -0.301. The molecule has 98 valence electrons. The molecule has 19 heavy (non-hydrogen) atoms. The van der Waals surface area contributed by atoms with Gasteiger partial charge in [-0.25, -0.2) is 0 Å². The van der Waals surface area contributed by atoms with Gasteiger partial charge >= 0.3 is 0 Å². The molecule has 4 heteroatoms. The minimum absolute atomic E-state index is 0.301. The monoisotopic (exact) mass is 257 g/mol. The summed E-state index contributed by atoms with van der Waals surface area (Å²) in [5.74, 6) is 0.718. The SMILES string of the molecule is COc1c2ccoc2c(C2(N)CCC2)c2ccoc12. The van der Waals surface area contributed by atoms with Gasteiger partial charge in [0.1, 0.15) is 5.58 Å². The van der Waals surface area contributed by atoms with Gasteiger partial charge in [-0.15, -0.1) is 0 Å². The van der Waals surface area contributed by atoms with Gasteiger partial charge in [-0.05, 0) is 31.4 Å². The zero-order valence-corrected chi connectivity index (χ0v) is 10.7. The van der Waals surface area contributed by atoms with Crippen molar-refractivity contribution in [3.63, 3.8) is 0 Å². The molecule has 1 fully saturated rings. The van der Waals surface area contributed by atoms with Gasteiger partial charge in [0.2, 0.25) is 0 Å². The maximum absolute atomic E-state index is 6.52. The molecule has 4 rings (SSSR count). The fourth-order valence-electron chi connectivity index (χ4n) is 3.11. The van der Waals surface area contributed by atoms with Crippen molar-refractivity contribution in [1.82, 2.24) is 0 Å². The zero-order chi connectivity index (χ0) is 13.0. The molecule has 1 saturated carbocycles. The van der Waals surface area contributed by atoms with Crippen LogP contribution < -0.4 is 10.5 Å². The molecule has 0 spiro atoms. The van der Waals surface area contributed by atoms with Gasteiger partial charge in [0.15, 0.2) is 11.3 Å². The fourth-order valence-corrected chi connectivity index (χ4v) is 3.11. The Bertz CT molecular complexity index is 712. The molecule has 3 aromatic rings. The van der Waals surface area contributed by atoms with E-state index in [9.17, 15) is 0 Å². The summed E-state index contributed by atoms with van der Waals surface area (Å²) in [5, 5.41) is 1.93. The predicted molar refractivity (Wildman–Crippen MR) is 72.3 cm³/mol. The molecule has 0 radical (unpaired) electrons. The topological polar surface area (TPSA) is 61.5 Å². The number of ether oxygens (including phenoxy) is 1. The number of fused-ring (bicyclic) bond motifs is 2. The molecular weight excluding hydrogens is 242 g/mol. The quantitative estimate of drug-likeness (QED) is 0.763. The third-order valence-electron chi connectivity index (χ3n) is 4.23. The molecule has 1 aliphatic carbocycles. The third kappa shape index (κ3) is 1.27. The van der Waals surface area contributed by atoms with Crippen molar-refractivity contribution in [3.8, 4) is 5.75 Å². The number of benzene rings is 1. The van der Waals surface area contributed by atoms with Gasteiger partial charge in [0.05, 0.1) is 25.0 Å². The Kier molecular flexibility index (Phi) is 2.04. The van der Waals surface area contributed by atoms with E-state index in [1.807, 2.05) is 12.1 Å². The fraction of sp³-hybridized carbons (Fsp3) is 0.333. The molecule has 1 aliphatic rings. The lowest BCUT2D eigenvalue weighted by Gasteiger charge is -2.38. The van der Waals surface area contributed by atoms with Gasteiger partial charge in [-0.1, -0.05) is 0 Å². The second kappa shape index (κ2) is 3.54. The molecule has 4 nitrogen and oxygen atoms in total. The van der Waals surface area contributed by atoms with Crippen molar-refractivity contribution >= 4 is 21.9 Å². The maximum atomic E-state index is 6.52. The number of rotatable bonds is 2. The first-order valence-corrected chi connectivity index (χ1v) is 6.48. The van der Waals surface area contributed by atoms with Crippen LogP contribution in [0.15, 0.2) is 33.5 Å². The summed E-state index contributed by atoms with van der Waals surface area (Å²) < 4.78 is 16.8. The van der Waals surface area contributed by atoms with Crippen LogP contribution in [0.3, 0.4) is 0 Å². The number of furan rings is 2. The first-order chi connectivity index (χ1) is 9.24. The van der Waals surface area contributed by atoms with Crippen molar-refractivity contribution in [3.05, 3.63) is 30.2 Å². The molecule has 0 aliphatic heterocycles. The van der Waals surface area contributed by atoms with Crippen molar-refractivity contribution in [2.75, 3.05) is 7.11 Å². The van der Waals surface area contributed by atoms with Crippen LogP contribution in [0.25, 0.3) is 21.9 Å². The van der Waals surface area contributed by atoms with Gasteiger partial charge in [0, 0.05) is 16.5 Å². The summed E-state index contributed by atoms with van der Waals surface area (Å²) in [6, 6.07) is 3.85. The van der Waals surface area contributed by atoms with E-state index in [2.05, 4.69) is 0 Å². The van der Waals surface area contributed by atoms with Crippen molar-refractivity contribution in [1.29, 1.82) is 0 Å². The highest BCUT2D eigenvalue weighted by Crippen LogP contribution is 2.48. The molecule has 2 N–H and O–H groups in total. The van der Waals surface area contributed by atoms with Gasteiger partial charge in [-0.3, -0.25) is 0 Å². The average Bonchev–Trinajstić information content (AvgIpc) is 3.00. The molecule has 2 aromatic heterocycles. The molecule has 0 bridgehead atoms. The van der Waals surface area contributed by atoms with Crippen LogP contribution in [-0.4, -0.2) is 7.11 Å². The Labute approximate surface area is 110 Å². The standard InChI is InChI=1S/C15H15NO3/c1-17-13-10-4-8-18-12(10)11(15(16)5-2-6-15)9-3-7-19-14(9)13/h3-4,7-8H,2,5-6,16H2,1H3. The Morgan fingerprint density at radius 1 is 1.11 bits per heavy atom. The van der Waals surface area contributed by atoms with Crippen molar-refractivity contribution in [2.45, 2.75) is 24.8 Å². The Hall–Kier alpha value is -1.94. The summed E-state index contributed by atoms with van der Waals surface area (Å²) in [5.41, 5.74) is 8.86. The number of hydrogen-bond acceptors (Lipinski definition) is 4. The maximum Gasteiger partial charge on any atom is 0.176 e. The molecule has 2 heterocycles. The summed E-state index contributed by atoms with van der Waals surface area (Å²) >= 11 is 0. The Balaban J connectivity index is 2.20. The minimum Gasteiger partial charge on any atom is -0.492 e. The molecule has 1 aromatic carbocycles. The van der Waals surface area contributed by atoms with E-state index in [0.29, 0.717) is 0 Å². The summed E-state index contributed by atoms with van der Waals surface area (Å²) in [7, 11) is 1.64.